The van der Waals surface area contributed by atoms with E-state index in [0.29, 0.717) is 24.3 Å². The molecule has 0 bridgehead atoms. The fourth-order valence-electron chi connectivity index (χ4n) is 3.62. The molecule has 27 heavy (non-hydrogen) atoms. The van der Waals surface area contributed by atoms with E-state index in [9.17, 15) is 9.59 Å². The van der Waals surface area contributed by atoms with Crippen LogP contribution in [-0.4, -0.2) is 31.9 Å². The van der Waals surface area contributed by atoms with Crippen LogP contribution in [0.25, 0.3) is 0 Å². The summed E-state index contributed by atoms with van der Waals surface area (Å²) in [6.07, 6.45) is 3.61. The third-order valence-electron chi connectivity index (χ3n) is 4.99. The Morgan fingerprint density at radius 1 is 1.22 bits per heavy atom. The smallest absolute Gasteiger partial charge is 0.254 e. The van der Waals surface area contributed by atoms with Gasteiger partial charge in [-0.2, -0.15) is 0 Å². The normalized spacial score (nSPS) is 13.4. The second-order valence-corrected chi connectivity index (χ2v) is 6.96. The highest BCUT2D eigenvalue weighted by atomic mass is 16.2. The van der Waals surface area contributed by atoms with Crippen LogP contribution in [0.3, 0.4) is 0 Å². The molecule has 4 rings (SSSR count). The Kier molecular flexibility index (Phi) is 4.62. The average molecular weight is 362 g/mol. The lowest BCUT2D eigenvalue weighted by Crippen LogP contribution is -2.37. The van der Waals surface area contributed by atoms with Crippen molar-refractivity contribution in [2.24, 2.45) is 0 Å². The topological polar surface area (TPSA) is 71.0 Å². The minimum Gasteiger partial charge on any atom is -0.334 e. The molecule has 6 heteroatoms. The second kappa shape index (κ2) is 7.23. The SMILES string of the molecule is Cc1cc(C(=O)N2CCc3c(ncn3CCc3ccccc3)C2)cc(=O)[nH]1. The predicted octanol–water partition coefficient (Wildman–Crippen LogP) is 2.32. The molecule has 0 radical (unpaired) electrons. The summed E-state index contributed by atoms with van der Waals surface area (Å²) in [5, 5.41) is 0. The van der Waals surface area contributed by atoms with Gasteiger partial charge in [0.25, 0.3) is 5.91 Å². The monoisotopic (exact) mass is 362 g/mol. The number of carbonyl (C=O) groups excluding carboxylic acids is 1. The van der Waals surface area contributed by atoms with Crippen molar-refractivity contribution < 1.29 is 4.79 Å². The molecular formula is C21H22N4O2. The van der Waals surface area contributed by atoms with E-state index in [1.165, 1.54) is 17.3 Å². The van der Waals surface area contributed by atoms with E-state index in [-0.39, 0.29) is 11.5 Å². The van der Waals surface area contributed by atoms with Crippen LogP contribution < -0.4 is 5.56 Å². The first kappa shape index (κ1) is 17.3. The number of fused-ring (bicyclic) bond motifs is 1. The molecule has 6 nitrogen and oxygen atoms in total. The highest BCUT2D eigenvalue weighted by Gasteiger charge is 2.25. The zero-order valence-electron chi connectivity index (χ0n) is 15.3. The van der Waals surface area contributed by atoms with Gasteiger partial charge in [-0.25, -0.2) is 4.98 Å². The molecule has 1 aromatic carbocycles. The maximum Gasteiger partial charge on any atom is 0.254 e. The van der Waals surface area contributed by atoms with Gasteiger partial charge in [0.2, 0.25) is 5.56 Å². The number of benzene rings is 1. The van der Waals surface area contributed by atoms with Gasteiger partial charge in [0.1, 0.15) is 0 Å². The Morgan fingerprint density at radius 3 is 2.81 bits per heavy atom. The molecule has 3 aromatic rings. The van der Waals surface area contributed by atoms with E-state index in [0.717, 1.165) is 25.1 Å². The van der Waals surface area contributed by atoms with Crippen molar-refractivity contribution in [1.82, 2.24) is 19.4 Å². The summed E-state index contributed by atoms with van der Waals surface area (Å²) in [6, 6.07) is 13.5. The molecule has 1 amide bonds. The standard InChI is InChI=1S/C21H22N4O2/c1-15-11-17(12-20(26)23-15)21(27)24-10-8-19-18(13-24)22-14-25(19)9-7-16-5-3-2-4-6-16/h2-6,11-12,14H,7-10,13H2,1H3,(H,23,26). The molecule has 0 fully saturated rings. The van der Waals surface area contributed by atoms with Crippen LogP contribution in [-0.2, 0) is 25.9 Å². The Morgan fingerprint density at radius 2 is 2.04 bits per heavy atom. The van der Waals surface area contributed by atoms with Crippen LogP contribution in [0.2, 0.25) is 0 Å². The number of hydrogen-bond donors (Lipinski definition) is 1. The number of H-pyrrole nitrogens is 1. The number of nitrogens with one attached hydrogen (secondary N) is 1. The van der Waals surface area contributed by atoms with E-state index in [2.05, 4.69) is 38.8 Å². The number of imidazole rings is 1. The summed E-state index contributed by atoms with van der Waals surface area (Å²) in [7, 11) is 0. The van der Waals surface area contributed by atoms with Crippen molar-refractivity contribution in [1.29, 1.82) is 0 Å². The van der Waals surface area contributed by atoms with Crippen LogP contribution in [0.1, 0.15) is 33.0 Å². The molecule has 1 N–H and O–H groups in total. The summed E-state index contributed by atoms with van der Waals surface area (Å²) in [4.78, 5) is 33.4. The lowest BCUT2D eigenvalue weighted by molar-refractivity contribution is 0.0730. The molecule has 138 valence electrons. The molecule has 0 spiro atoms. The van der Waals surface area contributed by atoms with Gasteiger partial charge < -0.3 is 14.5 Å². The van der Waals surface area contributed by atoms with E-state index in [1.54, 1.807) is 17.9 Å². The van der Waals surface area contributed by atoms with E-state index >= 15 is 0 Å². The Hall–Kier alpha value is -3.15. The number of nitrogens with zero attached hydrogens (tertiary/aromatic N) is 3. The third-order valence-corrected chi connectivity index (χ3v) is 4.99. The van der Waals surface area contributed by atoms with Crippen LogP contribution in [0.5, 0.6) is 0 Å². The van der Waals surface area contributed by atoms with Crippen molar-refractivity contribution in [2.45, 2.75) is 32.9 Å². The first-order chi connectivity index (χ1) is 13.1. The van der Waals surface area contributed by atoms with Gasteiger partial charge >= 0.3 is 0 Å². The van der Waals surface area contributed by atoms with Gasteiger partial charge in [0, 0.05) is 42.5 Å². The molecule has 1 aliphatic heterocycles. The summed E-state index contributed by atoms with van der Waals surface area (Å²) in [5.41, 5.74) is 4.33. The number of carbonyl (C=O) groups is 1. The second-order valence-electron chi connectivity index (χ2n) is 6.96. The fraction of sp³-hybridized carbons (Fsp3) is 0.286. The van der Waals surface area contributed by atoms with E-state index in [4.69, 9.17) is 0 Å². The van der Waals surface area contributed by atoms with Gasteiger partial charge in [-0.05, 0) is 25.0 Å². The number of aryl methyl sites for hydroxylation is 3. The summed E-state index contributed by atoms with van der Waals surface area (Å²) in [6.45, 7) is 3.78. The van der Waals surface area contributed by atoms with Crippen LogP contribution in [0.4, 0.5) is 0 Å². The number of hydrogen-bond acceptors (Lipinski definition) is 3. The van der Waals surface area contributed by atoms with Crippen molar-refractivity contribution >= 4 is 5.91 Å². The summed E-state index contributed by atoms with van der Waals surface area (Å²) >= 11 is 0. The number of amides is 1. The van der Waals surface area contributed by atoms with Gasteiger partial charge in [0.05, 0.1) is 18.6 Å². The first-order valence-electron chi connectivity index (χ1n) is 9.17. The predicted molar refractivity (Wildman–Crippen MR) is 103 cm³/mol. The molecule has 0 saturated carbocycles. The number of aromatic amines is 1. The molecule has 3 heterocycles. The summed E-state index contributed by atoms with van der Waals surface area (Å²) < 4.78 is 2.20. The van der Waals surface area contributed by atoms with Crippen molar-refractivity contribution in [2.75, 3.05) is 6.54 Å². The zero-order chi connectivity index (χ0) is 18.8. The minimum atomic E-state index is -0.249. The van der Waals surface area contributed by atoms with Crippen LogP contribution >= 0.6 is 0 Å². The van der Waals surface area contributed by atoms with E-state index < -0.39 is 0 Å². The van der Waals surface area contributed by atoms with E-state index in [1.807, 2.05) is 12.4 Å². The molecule has 0 atom stereocenters. The summed E-state index contributed by atoms with van der Waals surface area (Å²) in [5.74, 6) is -0.117. The lowest BCUT2D eigenvalue weighted by atomic mass is 10.1. The molecule has 0 aliphatic carbocycles. The number of aromatic nitrogens is 3. The lowest BCUT2D eigenvalue weighted by Gasteiger charge is -2.27. The molecule has 1 aliphatic rings. The minimum absolute atomic E-state index is 0.117. The maximum absolute atomic E-state index is 12.8. The highest BCUT2D eigenvalue weighted by Crippen LogP contribution is 2.20. The van der Waals surface area contributed by atoms with Crippen molar-refractivity contribution in [3.8, 4) is 0 Å². The van der Waals surface area contributed by atoms with Gasteiger partial charge in [0.15, 0.2) is 0 Å². The molecule has 0 unspecified atom stereocenters. The van der Waals surface area contributed by atoms with Crippen LogP contribution in [0.15, 0.2) is 53.6 Å². The third kappa shape index (κ3) is 3.69. The fourth-order valence-corrected chi connectivity index (χ4v) is 3.62. The Bertz CT molecular complexity index is 1020. The van der Waals surface area contributed by atoms with Gasteiger partial charge in [-0.1, -0.05) is 30.3 Å². The van der Waals surface area contributed by atoms with Crippen molar-refractivity contribution in [3.63, 3.8) is 0 Å². The first-order valence-corrected chi connectivity index (χ1v) is 9.17. The van der Waals surface area contributed by atoms with Crippen LogP contribution in [0, 0.1) is 6.92 Å². The maximum atomic E-state index is 12.8. The molecule has 0 saturated heterocycles. The van der Waals surface area contributed by atoms with Gasteiger partial charge in [-0.3, -0.25) is 9.59 Å². The number of rotatable bonds is 4. The average Bonchev–Trinajstić information content (AvgIpc) is 3.08. The van der Waals surface area contributed by atoms with Crippen molar-refractivity contribution in [3.05, 3.63) is 87.4 Å². The largest absolute Gasteiger partial charge is 0.334 e. The zero-order valence-corrected chi connectivity index (χ0v) is 15.3. The Labute approximate surface area is 157 Å². The molecular weight excluding hydrogens is 340 g/mol. The molecule has 2 aromatic heterocycles. The highest BCUT2D eigenvalue weighted by molar-refractivity contribution is 5.94. The Balaban J connectivity index is 1.47. The quantitative estimate of drug-likeness (QED) is 0.774. The van der Waals surface area contributed by atoms with Gasteiger partial charge in [-0.15, -0.1) is 0 Å². The number of pyridine rings is 1.